The molecule has 0 aliphatic carbocycles. The van der Waals surface area contributed by atoms with Crippen molar-refractivity contribution < 1.29 is 14.7 Å². The maximum absolute atomic E-state index is 11.3. The van der Waals surface area contributed by atoms with Gasteiger partial charge in [-0.15, -0.1) is 0 Å². The van der Waals surface area contributed by atoms with E-state index in [-0.39, 0.29) is 12.3 Å². The van der Waals surface area contributed by atoms with Crippen LogP contribution in [0.4, 0.5) is 0 Å². The van der Waals surface area contributed by atoms with Gasteiger partial charge in [-0.3, -0.25) is 9.59 Å². The van der Waals surface area contributed by atoms with E-state index in [9.17, 15) is 9.59 Å². The molecule has 0 radical (unpaired) electrons. The predicted octanol–water partition coefficient (Wildman–Crippen LogP) is -0.375. The van der Waals surface area contributed by atoms with Crippen molar-refractivity contribution >= 4 is 11.9 Å². The third-order valence-corrected chi connectivity index (χ3v) is 2.47. The molecular weight excluding hydrogens is 184 g/mol. The molecule has 1 N–H and O–H groups in total. The van der Waals surface area contributed by atoms with E-state index in [4.69, 9.17) is 5.11 Å². The van der Waals surface area contributed by atoms with Crippen LogP contribution in [0.5, 0.6) is 0 Å². The first-order valence-corrected chi connectivity index (χ1v) is 4.85. The van der Waals surface area contributed by atoms with E-state index >= 15 is 0 Å². The van der Waals surface area contributed by atoms with Crippen LogP contribution in [0.1, 0.15) is 13.3 Å². The number of hydrogen-bond acceptors (Lipinski definition) is 3. The zero-order valence-electron chi connectivity index (χ0n) is 8.40. The minimum Gasteiger partial charge on any atom is -0.481 e. The minimum atomic E-state index is -1.05. The number of carbonyl (C=O) groups is 2. The van der Waals surface area contributed by atoms with Crippen LogP contribution in [0.2, 0.25) is 0 Å². The fourth-order valence-electron chi connectivity index (χ4n) is 1.55. The topological polar surface area (TPSA) is 60.9 Å². The monoisotopic (exact) mass is 200 g/mol. The highest BCUT2D eigenvalue weighted by Crippen LogP contribution is 2.03. The van der Waals surface area contributed by atoms with Crippen LogP contribution in [0, 0.1) is 0 Å². The molecule has 1 fully saturated rings. The summed E-state index contributed by atoms with van der Waals surface area (Å²) in [5.74, 6) is -1.32. The Balaban J connectivity index is 2.34. The summed E-state index contributed by atoms with van der Waals surface area (Å²) in [6, 6.07) is 0. The van der Waals surface area contributed by atoms with Crippen molar-refractivity contribution in [2.24, 2.45) is 0 Å². The zero-order chi connectivity index (χ0) is 10.6. The van der Waals surface area contributed by atoms with E-state index < -0.39 is 5.97 Å². The second-order valence-electron chi connectivity index (χ2n) is 3.39. The lowest BCUT2D eigenvalue weighted by atomic mass is 10.3. The van der Waals surface area contributed by atoms with Crippen LogP contribution in [-0.4, -0.2) is 59.5 Å². The molecule has 0 aromatic heterocycles. The first-order valence-electron chi connectivity index (χ1n) is 4.85. The Labute approximate surface area is 83.3 Å². The zero-order valence-corrected chi connectivity index (χ0v) is 8.40. The molecule has 5 nitrogen and oxygen atoms in total. The fourth-order valence-corrected chi connectivity index (χ4v) is 1.55. The Morgan fingerprint density at radius 2 is 1.79 bits per heavy atom. The maximum atomic E-state index is 11.3. The number of carboxylic acids is 1. The van der Waals surface area contributed by atoms with E-state index in [1.54, 1.807) is 4.90 Å². The molecule has 1 amide bonds. The third-order valence-electron chi connectivity index (χ3n) is 2.47. The van der Waals surface area contributed by atoms with Gasteiger partial charge in [0.15, 0.2) is 0 Å². The molecule has 14 heavy (non-hydrogen) atoms. The quantitative estimate of drug-likeness (QED) is 0.631. The Morgan fingerprint density at radius 1 is 1.21 bits per heavy atom. The number of hydrogen-bond donors (Lipinski definition) is 1. The average Bonchev–Trinajstić information content (AvgIpc) is 2.17. The third kappa shape index (κ3) is 2.99. The highest BCUT2D eigenvalue weighted by Gasteiger charge is 2.21. The van der Waals surface area contributed by atoms with Crippen molar-refractivity contribution in [2.45, 2.75) is 13.3 Å². The van der Waals surface area contributed by atoms with Gasteiger partial charge >= 0.3 is 5.97 Å². The SMILES string of the molecule is CCN1CCN(C(=O)CC(=O)O)CC1. The van der Waals surface area contributed by atoms with Gasteiger partial charge in [-0.1, -0.05) is 6.92 Å². The first-order chi connectivity index (χ1) is 6.63. The molecule has 0 unspecified atom stereocenters. The Hall–Kier alpha value is -1.10. The van der Waals surface area contributed by atoms with E-state index in [0.717, 1.165) is 19.6 Å². The van der Waals surface area contributed by atoms with Gasteiger partial charge in [-0.05, 0) is 6.54 Å². The van der Waals surface area contributed by atoms with Gasteiger partial charge in [0.2, 0.25) is 5.91 Å². The summed E-state index contributed by atoms with van der Waals surface area (Å²) >= 11 is 0. The van der Waals surface area contributed by atoms with E-state index in [0.29, 0.717) is 13.1 Å². The maximum Gasteiger partial charge on any atom is 0.312 e. The van der Waals surface area contributed by atoms with Crippen LogP contribution < -0.4 is 0 Å². The molecule has 0 bridgehead atoms. The van der Waals surface area contributed by atoms with Gasteiger partial charge in [-0.2, -0.15) is 0 Å². The van der Waals surface area contributed by atoms with Crippen molar-refractivity contribution in [3.63, 3.8) is 0 Å². The molecule has 1 aliphatic rings. The number of nitrogens with zero attached hydrogens (tertiary/aromatic N) is 2. The number of piperazine rings is 1. The molecule has 0 spiro atoms. The van der Waals surface area contributed by atoms with Gasteiger partial charge in [0.05, 0.1) is 0 Å². The second-order valence-corrected chi connectivity index (χ2v) is 3.39. The van der Waals surface area contributed by atoms with Gasteiger partial charge in [0, 0.05) is 26.2 Å². The van der Waals surface area contributed by atoms with E-state index in [2.05, 4.69) is 11.8 Å². The first kappa shape index (κ1) is 11.0. The molecule has 0 aromatic rings. The molecule has 1 aliphatic heterocycles. The summed E-state index contributed by atoms with van der Waals surface area (Å²) < 4.78 is 0. The number of aliphatic carboxylic acids is 1. The van der Waals surface area contributed by atoms with Crippen molar-refractivity contribution in [3.8, 4) is 0 Å². The number of likely N-dealkylation sites (N-methyl/N-ethyl adjacent to an activating group) is 1. The number of rotatable bonds is 3. The second kappa shape index (κ2) is 4.95. The molecule has 0 aromatic carbocycles. The molecule has 0 saturated carbocycles. The molecule has 1 saturated heterocycles. The van der Waals surface area contributed by atoms with Crippen LogP contribution >= 0.6 is 0 Å². The predicted molar refractivity (Wildman–Crippen MR) is 50.9 cm³/mol. The average molecular weight is 200 g/mol. The lowest BCUT2D eigenvalue weighted by molar-refractivity contribution is -0.145. The minimum absolute atomic E-state index is 0.270. The summed E-state index contributed by atoms with van der Waals surface area (Å²) in [7, 11) is 0. The molecule has 5 heteroatoms. The largest absolute Gasteiger partial charge is 0.481 e. The van der Waals surface area contributed by atoms with Crippen LogP contribution in [-0.2, 0) is 9.59 Å². The normalized spacial score (nSPS) is 18.2. The van der Waals surface area contributed by atoms with Gasteiger partial charge in [-0.25, -0.2) is 0 Å². The van der Waals surface area contributed by atoms with E-state index in [1.165, 1.54) is 0 Å². The fraction of sp³-hybridized carbons (Fsp3) is 0.778. The van der Waals surface area contributed by atoms with Crippen LogP contribution in [0.25, 0.3) is 0 Å². The smallest absolute Gasteiger partial charge is 0.312 e. The van der Waals surface area contributed by atoms with E-state index in [1.807, 2.05) is 0 Å². The Kier molecular flexibility index (Phi) is 3.88. The Bertz CT molecular complexity index is 222. The molecule has 0 atom stereocenters. The summed E-state index contributed by atoms with van der Waals surface area (Å²) in [4.78, 5) is 25.5. The summed E-state index contributed by atoms with van der Waals surface area (Å²) in [6.45, 7) is 6.07. The van der Waals surface area contributed by atoms with Crippen LogP contribution in [0.3, 0.4) is 0 Å². The van der Waals surface area contributed by atoms with Gasteiger partial charge in [0.1, 0.15) is 6.42 Å². The van der Waals surface area contributed by atoms with Gasteiger partial charge in [0.25, 0.3) is 0 Å². The van der Waals surface area contributed by atoms with Crippen molar-refractivity contribution in [1.82, 2.24) is 9.80 Å². The van der Waals surface area contributed by atoms with Gasteiger partial charge < -0.3 is 14.9 Å². The van der Waals surface area contributed by atoms with Crippen molar-refractivity contribution in [2.75, 3.05) is 32.7 Å². The standard InChI is InChI=1S/C9H16N2O3/c1-2-10-3-5-11(6-4-10)8(12)7-9(13)14/h2-7H2,1H3,(H,13,14). The number of amides is 1. The van der Waals surface area contributed by atoms with Crippen LogP contribution in [0.15, 0.2) is 0 Å². The number of carbonyl (C=O) groups excluding carboxylic acids is 1. The molecular formula is C9H16N2O3. The molecule has 80 valence electrons. The lowest BCUT2D eigenvalue weighted by Crippen LogP contribution is -2.48. The summed E-state index contributed by atoms with van der Waals surface area (Å²) in [5.41, 5.74) is 0. The molecule has 1 rings (SSSR count). The molecule has 1 heterocycles. The highest BCUT2D eigenvalue weighted by atomic mass is 16.4. The highest BCUT2D eigenvalue weighted by molar-refractivity contribution is 5.93. The lowest BCUT2D eigenvalue weighted by Gasteiger charge is -2.33. The Morgan fingerprint density at radius 3 is 2.21 bits per heavy atom. The summed E-state index contributed by atoms with van der Waals surface area (Å²) in [6.07, 6.45) is -0.383. The summed E-state index contributed by atoms with van der Waals surface area (Å²) in [5, 5.41) is 8.45. The number of carboxylic acid groups (broad SMARTS) is 1. The van der Waals surface area contributed by atoms with Crippen molar-refractivity contribution in [1.29, 1.82) is 0 Å². The van der Waals surface area contributed by atoms with Crippen molar-refractivity contribution in [3.05, 3.63) is 0 Å².